The number of Topliss-reactive ketones (excluding diaryl/α,β-unsaturated/α-hetero) is 1. The standard InChI is InChI=1S/C14H16O/c1-3-4-5-12-9-11-7-6-10(2)8-13(11)14(12)15/h3-4,6-8,12H,5,9H2,1-2H3/b4-3+. The molecule has 1 heteroatoms. The minimum atomic E-state index is 0.179. The number of allylic oxidation sites excluding steroid dienone is 2. The lowest BCUT2D eigenvalue weighted by Crippen LogP contribution is -2.07. The normalized spacial score (nSPS) is 19.9. The average Bonchev–Trinajstić information content (AvgIpc) is 2.53. The van der Waals surface area contributed by atoms with Crippen molar-refractivity contribution in [2.75, 3.05) is 0 Å². The van der Waals surface area contributed by atoms with Crippen LogP contribution in [0.15, 0.2) is 30.4 Å². The molecule has 1 atom stereocenters. The van der Waals surface area contributed by atoms with Crippen molar-refractivity contribution in [3.8, 4) is 0 Å². The van der Waals surface area contributed by atoms with Gasteiger partial charge in [-0.05, 0) is 38.3 Å². The van der Waals surface area contributed by atoms with Gasteiger partial charge in [0.1, 0.15) is 0 Å². The molecule has 0 aliphatic heterocycles. The van der Waals surface area contributed by atoms with Crippen molar-refractivity contribution in [2.45, 2.75) is 26.7 Å². The Labute approximate surface area is 90.8 Å². The zero-order chi connectivity index (χ0) is 10.8. The summed E-state index contributed by atoms with van der Waals surface area (Å²) in [7, 11) is 0. The third-order valence-corrected chi connectivity index (χ3v) is 3.02. The monoisotopic (exact) mass is 200 g/mol. The highest BCUT2D eigenvalue weighted by atomic mass is 16.1. The van der Waals surface area contributed by atoms with Crippen molar-refractivity contribution in [1.29, 1.82) is 0 Å². The van der Waals surface area contributed by atoms with E-state index in [1.807, 2.05) is 26.0 Å². The number of hydrogen-bond acceptors (Lipinski definition) is 1. The van der Waals surface area contributed by atoms with Crippen LogP contribution in [-0.2, 0) is 6.42 Å². The predicted octanol–water partition coefficient (Wildman–Crippen LogP) is 3.32. The van der Waals surface area contributed by atoms with Crippen LogP contribution in [-0.4, -0.2) is 5.78 Å². The molecule has 1 aromatic carbocycles. The highest BCUT2D eigenvalue weighted by molar-refractivity contribution is 6.02. The molecule has 0 amide bonds. The Morgan fingerprint density at radius 3 is 3.00 bits per heavy atom. The first-order valence-corrected chi connectivity index (χ1v) is 5.47. The minimum Gasteiger partial charge on any atom is -0.294 e. The summed E-state index contributed by atoms with van der Waals surface area (Å²) in [5, 5.41) is 0. The summed E-state index contributed by atoms with van der Waals surface area (Å²) < 4.78 is 0. The number of benzene rings is 1. The first-order chi connectivity index (χ1) is 7.22. The smallest absolute Gasteiger partial charge is 0.166 e. The van der Waals surface area contributed by atoms with Gasteiger partial charge in [-0.1, -0.05) is 29.8 Å². The summed E-state index contributed by atoms with van der Waals surface area (Å²) in [6, 6.07) is 6.20. The minimum absolute atomic E-state index is 0.179. The van der Waals surface area contributed by atoms with Crippen LogP contribution in [0.5, 0.6) is 0 Å². The molecule has 2 rings (SSSR count). The quantitative estimate of drug-likeness (QED) is 0.669. The lowest BCUT2D eigenvalue weighted by molar-refractivity contribution is 0.0938. The van der Waals surface area contributed by atoms with Gasteiger partial charge in [-0.2, -0.15) is 0 Å². The fourth-order valence-electron chi connectivity index (χ4n) is 2.17. The molecule has 1 aromatic rings. The van der Waals surface area contributed by atoms with Gasteiger partial charge < -0.3 is 0 Å². The molecule has 0 heterocycles. The van der Waals surface area contributed by atoms with Crippen molar-refractivity contribution >= 4 is 5.78 Å². The largest absolute Gasteiger partial charge is 0.294 e. The molecule has 0 spiro atoms. The molecule has 0 aromatic heterocycles. The fraction of sp³-hybridized carbons (Fsp3) is 0.357. The Hall–Kier alpha value is -1.37. The van der Waals surface area contributed by atoms with Gasteiger partial charge in [-0.3, -0.25) is 4.79 Å². The molecular formula is C14H16O. The number of ketones is 1. The summed E-state index contributed by atoms with van der Waals surface area (Å²) in [6.45, 7) is 4.03. The molecular weight excluding hydrogens is 184 g/mol. The third-order valence-electron chi connectivity index (χ3n) is 3.02. The fourth-order valence-corrected chi connectivity index (χ4v) is 2.17. The second-order valence-corrected chi connectivity index (χ2v) is 4.23. The zero-order valence-electron chi connectivity index (χ0n) is 9.29. The SMILES string of the molecule is C/C=C/CC1Cc2ccc(C)cc2C1=O. The van der Waals surface area contributed by atoms with Gasteiger partial charge in [-0.25, -0.2) is 0 Å². The van der Waals surface area contributed by atoms with E-state index in [4.69, 9.17) is 0 Å². The number of fused-ring (bicyclic) bond motifs is 1. The first-order valence-electron chi connectivity index (χ1n) is 5.47. The van der Waals surface area contributed by atoms with Crippen molar-refractivity contribution in [3.05, 3.63) is 47.0 Å². The maximum atomic E-state index is 12.0. The number of aryl methyl sites for hydroxylation is 1. The highest BCUT2D eigenvalue weighted by Gasteiger charge is 2.29. The molecule has 1 nitrogen and oxygen atoms in total. The number of carbonyl (C=O) groups excluding carboxylic acids is 1. The molecule has 0 N–H and O–H groups in total. The molecule has 0 radical (unpaired) electrons. The van der Waals surface area contributed by atoms with E-state index in [0.717, 1.165) is 18.4 Å². The molecule has 78 valence electrons. The summed E-state index contributed by atoms with van der Waals surface area (Å²) in [6.07, 6.45) is 5.89. The Morgan fingerprint density at radius 1 is 1.47 bits per heavy atom. The second kappa shape index (κ2) is 4.01. The van der Waals surface area contributed by atoms with Crippen LogP contribution in [0.1, 0.15) is 34.8 Å². The van der Waals surface area contributed by atoms with Crippen LogP contribution in [0.4, 0.5) is 0 Å². The summed E-state index contributed by atoms with van der Waals surface area (Å²) in [4.78, 5) is 12.0. The molecule has 0 fully saturated rings. The summed E-state index contributed by atoms with van der Waals surface area (Å²) in [5.41, 5.74) is 3.35. The number of rotatable bonds is 2. The van der Waals surface area contributed by atoms with Gasteiger partial charge in [0.2, 0.25) is 0 Å². The van der Waals surface area contributed by atoms with Gasteiger partial charge in [0.15, 0.2) is 5.78 Å². The van der Waals surface area contributed by atoms with Crippen LogP contribution < -0.4 is 0 Å². The maximum absolute atomic E-state index is 12.0. The van der Waals surface area contributed by atoms with Crippen molar-refractivity contribution < 1.29 is 4.79 Å². The van der Waals surface area contributed by atoms with Gasteiger partial charge in [0.25, 0.3) is 0 Å². The summed E-state index contributed by atoms with van der Waals surface area (Å²) >= 11 is 0. The topological polar surface area (TPSA) is 17.1 Å². The van der Waals surface area contributed by atoms with E-state index >= 15 is 0 Å². The molecule has 1 aliphatic rings. The molecule has 0 bridgehead atoms. The maximum Gasteiger partial charge on any atom is 0.166 e. The molecule has 0 saturated heterocycles. The molecule has 1 unspecified atom stereocenters. The lowest BCUT2D eigenvalue weighted by atomic mass is 10.0. The number of hydrogen-bond donors (Lipinski definition) is 0. The Balaban J connectivity index is 2.25. The van der Waals surface area contributed by atoms with Crippen LogP contribution in [0, 0.1) is 12.8 Å². The van der Waals surface area contributed by atoms with Crippen molar-refractivity contribution in [3.63, 3.8) is 0 Å². The van der Waals surface area contributed by atoms with Crippen LogP contribution in [0.25, 0.3) is 0 Å². The van der Waals surface area contributed by atoms with Crippen molar-refractivity contribution in [1.82, 2.24) is 0 Å². The predicted molar refractivity (Wildman–Crippen MR) is 62.1 cm³/mol. The molecule has 15 heavy (non-hydrogen) atoms. The van der Waals surface area contributed by atoms with Gasteiger partial charge in [0.05, 0.1) is 0 Å². The second-order valence-electron chi connectivity index (χ2n) is 4.23. The van der Waals surface area contributed by atoms with Crippen LogP contribution in [0.2, 0.25) is 0 Å². The highest BCUT2D eigenvalue weighted by Crippen LogP contribution is 2.29. The van der Waals surface area contributed by atoms with E-state index < -0.39 is 0 Å². The third kappa shape index (κ3) is 1.87. The summed E-state index contributed by atoms with van der Waals surface area (Å²) in [5.74, 6) is 0.504. The van der Waals surface area contributed by atoms with Gasteiger partial charge in [0, 0.05) is 11.5 Å². The van der Waals surface area contributed by atoms with Crippen molar-refractivity contribution in [2.24, 2.45) is 5.92 Å². The Bertz CT molecular complexity index is 415. The lowest BCUT2D eigenvalue weighted by Gasteiger charge is -2.02. The van der Waals surface area contributed by atoms with E-state index in [1.54, 1.807) is 0 Å². The van der Waals surface area contributed by atoms with E-state index in [1.165, 1.54) is 11.1 Å². The van der Waals surface area contributed by atoms with Gasteiger partial charge >= 0.3 is 0 Å². The van der Waals surface area contributed by atoms with Crippen LogP contribution >= 0.6 is 0 Å². The molecule has 1 aliphatic carbocycles. The first kappa shape index (κ1) is 10.2. The average molecular weight is 200 g/mol. The molecule has 0 saturated carbocycles. The van der Waals surface area contributed by atoms with E-state index in [2.05, 4.69) is 18.2 Å². The zero-order valence-corrected chi connectivity index (χ0v) is 9.29. The number of carbonyl (C=O) groups is 1. The van der Waals surface area contributed by atoms with Gasteiger partial charge in [-0.15, -0.1) is 0 Å². The van der Waals surface area contributed by atoms with E-state index in [0.29, 0.717) is 5.78 Å². The van der Waals surface area contributed by atoms with Crippen LogP contribution in [0.3, 0.4) is 0 Å². The van der Waals surface area contributed by atoms with E-state index in [9.17, 15) is 4.79 Å². The Kier molecular flexibility index (Phi) is 2.72. The Morgan fingerprint density at radius 2 is 2.27 bits per heavy atom. The van der Waals surface area contributed by atoms with E-state index in [-0.39, 0.29) is 5.92 Å².